The van der Waals surface area contributed by atoms with Crippen LogP contribution in [0.25, 0.3) is 0 Å². The maximum Gasteiger partial charge on any atom is 0.240 e. The van der Waals surface area contributed by atoms with Gasteiger partial charge in [-0.05, 0) is 86.1 Å². The van der Waals surface area contributed by atoms with Gasteiger partial charge in [0.25, 0.3) is 0 Å². The van der Waals surface area contributed by atoms with Gasteiger partial charge in [-0.3, -0.25) is 4.90 Å². The zero-order chi connectivity index (χ0) is 19.6. The fraction of sp³-hybridized carbons (Fsp3) is 0.455. The Hall–Kier alpha value is -1.89. The van der Waals surface area contributed by atoms with E-state index >= 15 is 0 Å². The van der Waals surface area contributed by atoms with E-state index in [2.05, 4.69) is 15.7 Å². The number of hydrogen-bond donors (Lipinski definition) is 1. The minimum Gasteiger partial charge on any atom is -0.497 e. The average molecular weight is 401 g/mol. The Labute approximate surface area is 167 Å². The molecule has 28 heavy (non-hydrogen) atoms. The Kier molecular flexibility index (Phi) is 5.71. The van der Waals surface area contributed by atoms with Crippen LogP contribution in [0.1, 0.15) is 42.0 Å². The molecule has 6 heteroatoms. The molecule has 0 saturated carbocycles. The van der Waals surface area contributed by atoms with Gasteiger partial charge in [0.1, 0.15) is 5.75 Å². The van der Waals surface area contributed by atoms with Crippen LogP contribution in [0.15, 0.2) is 47.4 Å². The summed E-state index contributed by atoms with van der Waals surface area (Å²) in [5.74, 6) is 0.795. The number of aryl methyl sites for hydroxylation is 2. The third-order valence-corrected chi connectivity index (χ3v) is 7.33. The summed E-state index contributed by atoms with van der Waals surface area (Å²) >= 11 is 0. The number of sulfonamides is 1. The molecule has 1 N–H and O–H groups in total. The van der Waals surface area contributed by atoms with Crippen LogP contribution < -0.4 is 9.46 Å². The summed E-state index contributed by atoms with van der Waals surface area (Å²) in [5.41, 5.74) is 3.54. The first-order chi connectivity index (χ1) is 13.6. The van der Waals surface area contributed by atoms with Crippen LogP contribution in [0.3, 0.4) is 0 Å². The summed E-state index contributed by atoms with van der Waals surface area (Å²) < 4.78 is 34.1. The van der Waals surface area contributed by atoms with Crippen molar-refractivity contribution in [3.63, 3.8) is 0 Å². The number of rotatable bonds is 7. The fourth-order valence-corrected chi connectivity index (χ4v) is 5.44. The van der Waals surface area contributed by atoms with Crippen molar-refractivity contribution < 1.29 is 13.2 Å². The van der Waals surface area contributed by atoms with Gasteiger partial charge >= 0.3 is 0 Å². The second-order valence-corrected chi connectivity index (χ2v) is 9.44. The Bertz CT molecular complexity index is 937. The number of hydrogen-bond acceptors (Lipinski definition) is 4. The van der Waals surface area contributed by atoms with Gasteiger partial charge in [-0.25, -0.2) is 13.1 Å². The molecule has 1 saturated heterocycles. The van der Waals surface area contributed by atoms with Crippen molar-refractivity contribution in [3.05, 3.63) is 59.2 Å². The first-order valence-electron chi connectivity index (χ1n) is 10.1. The van der Waals surface area contributed by atoms with Crippen molar-refractivity contribution >= 4 is 10.0 Å². The maximum absolute atomic E-state index is 13.0. The smallest absolute Gasteiger partial charge is 0.240 e. The quantitative estimate of drug-likeness (QED) is 0.775. The number of ether oxygens (including phenoxy) is 1. The molecule has 2 aromatic carbocycles. The molecule has 0 radical (unpaired) electrons. The minimum absolute atomic E-state index is 0.00167. The molecule has 1 fully saturated rings. The monoisotopic (exact) mass is 400 g/mol. The van der Waals surface area contributed by atoms with Crippen LogP contribution in [-0.2, 0) is 22.9 Å². The highest BCUT2D eigenvalue weighted by molar-refractivity contribution is 7.89. The molecule has 5 nitrogen and oxygen atoms in total. The molecule has 0 amide bonds. The van der Waals surface area contributed by atoms with Gasteiger partial charge in [-0.15, -0.1) is 0 Å². The van der Waals surface area contributed by atoms with E-state index in [1.54, 1.807) is 13.2 Å². The van der Waals surface area contributed by atoms with E-state index < -0.39 is 10.0 Å². The van der Waals surface area contributed by atoms with Gasteiger partial charge in [0, 0.05) is 12.6 Å². The SMILES string of the molecule is COc1cccc(C(CNS(=O)(=O)c2ccc3c(c2)CCC3)N2CCCC2)c1. The number of fused-ring (bicyclic) bond motifs is 1. The van der Waals surface area contributed by atoms with Crippen molar-refractivity contribution in [1.29, 1.82) is 0 Å². The van der Waals surface area contributed by atoms with Crippen molar-refractivity contribution in [3.8, 4) is 5.75 Å². The largest absolute Gasteiger partial charge is 0.497 e. The molecule has 1 atom stereocenters. The molecule has 1 unspecified atom stereocenters. The normalized spacial score (nSPS) is 18.2. The van der Waals surface area contributed by atoms with Crippen molar-refractivity contribution in [2.75, 3.05) is 26.7 Å². The molecule has 2 aromatic rings. The molecule has 0 bridgehead atoms. The van der Waals surface area contributed by atoms with Crippen molar-refractivity contribution in [2.24, 2.45) is 0 Å². The lowest BCUT2D eigenvalue weighted by Gasteiger charge is -2.28. The number of likely N-dealkylation sites (tertiary alicyclic amines) is 1. The van der Waals surface area contributed by atoms with E-state index in [0.717, 1.165) is 56.5 Å². The summed E-state index contributed by atoms with van der Waals surface area (Å²) in [6.45, 7) is 2.33. The van der Waals surface area contributed by atoms with E-state index in [-0.39, 0.29) is 6.04 Å². The number of nitrogens with one attached hydrogen (secondary N) is 1. The predicted octanol–water partition coefficient (Wildman–Crippen LogP) is 3.30. The van der Waals surface area contributed by atoms with Gasteiger partial charge in [-0.2, -0.15) is 0 Å². The summed E-state index contributed by atoms with van der Waals surface area (Å²) in [5, 5.41) is 0. The topological polar surface area (TPSA) is 58.6 Å². The van der Waals surface area contributed by atoms with Gasteiger partial charge in [0.15, 0.2) is 0 Å². The zero-order valence-electron chi connectivity index (χ0n) is 16.4. The van der Waals surface area contributed by atoms with E-state index in [9.17, 15) is 8.42 Å². The summed E-state index contributed by atoms with van der Waals surface area (Å²) in [6.07, 6.45) is 5.43. The van der Waals surface area contributed by atoms with Crippen LogP contribution in [-0.4, -0.2) is 40.1 Å². The Morgan fingerprint density at radius 1 is 1.04 bits per heavy atom. The average Bonchev–Trinajstić information content (AvgIpc) is 3.39. The van der Waals surface area contributed by atoms with Crippen LogP contribution in [0.4, 0.5) is 0 Å². The summed E-state index contributed by atoms with van der Waals surface area (Å²) in [4.78, 5) is 2.74. The number of benzene rings is 2. The van der Waals surface area contributed by atoms with Crippen molar-refractivity contribution in [2.45, 2.75) is 43.0 Å². The van der Waals surface area contributed by atoms with E-state index in [4.69, 9.17) is 4.74 Å². The lowest BCUT2D eigenvalue weighted by molar-refractivity contribution is 0.246. The summed E-state index contributed by atoms with van der Waals surface area (Å²) in [6, 6.07) is 13.5. The van der Waals surface area contributed by atoms with Crippen molar-refractivity contribution in [1.82, 2.24) is 9.62 Å². The third-order valence-electron chi connectivity index (χ3n) is 5.91. The Morgan fingerprint density at radius 3 is 2.61 bits per heavy atom. The molecule has 0 aromatic heterocycles. The minimum atomic E-state index is -3.54. The molecule has 1 aliphatic heterocycles. The first kappa shape index (κ1) is 19.4. The van der Waals surface area contributed by atoms with Crippen LogP contribution in [0.2, 0.25) is 0 Å². The van der Waals surface area contributed by atoms with E-state index in [1.165, 1.54) is 11.1 Å². The second-order valence-electron chi connectivity index (χ2n) is 7.67. The van der Waals surface area contributed by atoms with Gasteiger partial charge in [-0.1, -0.05) is 18.2 Å². The lowest BCUT2D eigenvalue weighted by Crippen LogP contribution is -2.36. The molecule has 150 valence electrons. The number of nitrogens with zero attached hydrogens (tertiary/aromatic N) is 1. The van der Waals surface area contributed by atoms with Crippen LogP contribution >= 0.6 is 0 Å². The standard InChI is InChI=1S/C22H28N2O3S/c1-27-20-9-5-8-19(14-20)22(24-12-2-3-13-24)16-23-28(25,26)21-11-10-17-6-4-7-18(17)15-21/h5,8-11,14-15,22-23H,2-4,6-7,12-13,16H2,1H3. The zero-order valence-corrected chi connectivity index (χ0v) is 17.2. The highest BCUT2D eigenvalue weighted by Gasteiger charge is 2.26. The fourth-order valence-electron chi connectivity index (χ4n) is 4.35. The third kappa shape index (κ3) is 4.09. The Morgan fingerprint density at radius 2 is 1.82 bits per heavy atom. The van der Waals surface area contributed by atoms with Crippen LogP contribution in [0.5, 0.6) is 5.75 Å². The second kappa shape index (κ2) is 8.23. The van der Waals surface area contributed by atoms with Gasteiger partial charge in [0.2, 0.25) is 10.0 Å². The van der Waals surface area contributed by atoms with Gasteiger partial charge < -0.3 is 4.74 Å². The lowest BCUT2D eigenvalue weighted by atomic mass is 10.1. The highest BCUT2D eigenvalue weighted by atomic mass is 32.2. The molecule has 4 rings (SSSR count). The molecular formula is C22H28N2O3S. The predicted molar refractivity (Wildman–Crippen MR) is 110 cm³/mol. The maximum atomic E-state index is 13.0. The van der Waals surface area contributed by atoms with E-state index in [0.29, 0.717) is 11.4 Å². The molecule has 2 aliphatic rings. The van der Waals surface area contributed by atoms with E-state index in [1.807, 2.05) is 30.3 Å². The number of methoxy groups -OCH3 is 1. The van der Waals surface area contributed by atoms with Gasteiger partial charge in [0.05, 0.1) is 12.0 Å². The molecule has 0 spiro atoms. The molecule has 1 heterocycles. The Balaban J connectivity index is 1.55. The summed E-state index contributed by atoms with van der Waals surface area (Å²) in [7, 11) is -1.88. The molecule has 1 aliphatic carbocycles. The van der Waals surface area contributed by atoms with Crippen LogP contribution in [0, 0.1) is 0 Å². The molecular weight excluding hydrogens is 372 g/mol. The first-order valence-corrected chi connectivity index (χ1v) is 11.5. The highest BCUT2D eigenvalue weighted by Crippen LogP contribution is 2.28.